The molecule has 0 aromatic rings. The van der Waals surface area contributed by atoms with E-state index in [9.17, 15) is 0 Å². The fourth-order valence-electron chi connectivity index (χ4n) is 10.9. The Hall–Kier alpha value is 2.10. The van der Waals surface area contributed by atoms with Gasteiger partial charge in [-0.2, -0.15) is 70.6 Å². The van der Waals surface area contributed by atoms with Crippen LogP contribution in [0, 0.1) is 71.0 Å². The van der Waals surface area contributed by atoms with E-state index in [1.54, 1.807) is 77.0 Å². The van der Waals surface area contributed by atoms with Crippen LogP contribution in [0.3, 0.4) is 0 Å². The molecule has 4 heterocycles. The van der Waals surface area contributed by atoms with Crippen LogP contribution in [0.25, 0.3) is 0 Å². The molecular weight excluding hydrogens is 625 g/mol. The van der Waals surface area contributed by atoms with E-state index in [1.807, 2.05) is 0 Å². The lowest BCUT2D eigenvalue weighted by Crippen LogP contribution is -2.32. The fraction of sp³-hybridized carbons (Fsp3) is 1.00. The third-order valence-electron chi connectivity index (χ3n) is 12.2. The quantitative estimate of drug-likeness (QED) is 0.247. The lowest BCUT2D eigenvalue weighted by Gasteiger charge is -2.40. The van der Waals surface area contributed by atoms with E-state index in [0.29, 0.717) is 0 Å². The highest BCUT2D eigenvalue weighted by Gasteiger charge is 2.36. The van der Waals surface area contributed by atoms with Crippen LogP contribution in [0.2, 0.25) is 0 Å². The number of hydrogen-bond acceptors (Lipinski definition) is 6. The van der Waals surface area contributed by atoms with Crippen molar-refractivity contribution in [3.05, 3.63) is 0 Å². The van der Waals surface area contributed by atoms with E-state index >= 15 is 0 Å². The van der Waals surface area contributed by atoms with Crippen molar-refractivity contribution in [1.82, 2.24) is 0 Å². The second kappa shape index (κ2) is 16.5. The molecule has 0 atom stereocenters. The van der Waals surface area contributed by atoms with Crippen LogP contribution in [0.5, 0.6) is 0 Å². The van der Waals surface area contributed by atoms with Crippen LogP contribution in [-0.4, -0.2) is 69.0 Å². The molecule has 6 heteroatoms. The highest BCUT2D eigenvalue weighted by molar-refractivity contribution is 8.00. The Kier molecular flexibility index (Phi) is 12.8. The topological polar surface area (TPSA) is 0 Å². The first-order valence-electron chi connectivity index (χ1n) is 18.2. The van der Waals surface area contributed by atoms with E-state index in [1.165, 1.54) is 69.0 Å². The van der Waals surface area contributed by atoms with Crippen LogP contribution in [0.1, 0.15) is 77.0 Å². The highest BCUT2D eigenvalue weighted by Crippen LogP contribution is 2.46. The molecule has 0 nitrogen and oxygen atoms in total. The summed E-state index contributed by atoms with van der Waals surface area (Å²) in [7, 11) is 0. The second-order valence-corrected chi connectivity index (χ2v) is 22.9. The second-order valence-electron chi connectivity index (χ2n) is 16.4. The Balaban J connectivity index is 1.17. The normalized spacial score (nSPS) is 48.0. The minimum atomic E-state index is 1.01. The predicted octanol–water partition coefficient (Wildman–Crippen LogP) is 10.6. The standard InChI is InChI=1S/C36H60S6/c1-25-2-27-3-26(1)14-38-17-29-5-31-9-33(7-29)22-42-24-36-11-34(18-39-15-27)10-35(12-36)23-41-21-32-6-28(16-37-13-25)4-30(8-32)19-40-20-31/h25-36H,1-24H2. The molecule has 4 saturated heterocycles. The van der Waals surface area contributed by atoms with Crippen molar-refractivity contribution in [1.29, 1.82) is 0 Å². The summed E-state index contributed by atoms with van der Waals surface area (Å²) in [5.41, 5.74) is 0. The Morgan fingerprint density at radius 1 is 0.167 bits per heavy atom. The van der Waals surface area contributed by atoms with Gasteiger partial charge in [0.05, 0.1) is 0 Å². The molecule has 8 rings (SSSR count). The molecular formula is C36H60S6. The van der Waals surface area contributed by atoms with Crippen molar-refractivity contribution < 1.29 is 0 Å². The number of fused-ring (bicyclic) bond motifs is 12. The Bertz CT molecular complexity index is 568. The molecule has 0 aromatic carbocycles. The van der Waals surface area contributed by atoms with Crippen molar-refractivity contribution in [3.8, 4) is 0 Å². The summed E-state index contributed by atoms with van der Waals surface area (Å²) in [5.74, 6) is 29.8. The molecule has 12 bridgehead atoms. The molecule has 8 fully saturated rings. The molecule has 8 aliphatic rings. The molecule has 0 unspecified atom stereocenters. The molecule has 0 radical (unpaired) electrons. The molecule has 0 amide bonds. The Morgan fingerprint density at radius 3 is 0.357 bits per heavy atom. The van der Waals surface area contributed by atoms with Gasteiger partial charge in [-0.3, -0.25) is 0 Å². The van der Waals surface area contributed by atoms with Crippen LogP contribution < -0.4 is 0 Å². The first-order chi connectivity index (χ1) is 20.7. The molecule has 4 saturated carbocycles. The van der Waals surface area contributed by atoms with E-state index in [4.69, 9.17) is 0 Å². The first-order valence-corrected chi connectivity index (χ1v) is 25.1. The molecule has 0 aromatic heterocycles. The lowest BCUT2D eigenvalue weighted by molar-refractivity contribution is 0.231. The summed E-state index contributed by atoms with van der Waals surface area (Å²) in [4.78, 5) is 0. The van der Waals surface area contributed by atoms with E-state index in [0.717, 1.165) is 71.0 Å². The number of thioether (sulfide) groups is 6. The smallest absolute Gasteiger partial charge is 0.00388 e. The average molecular weight is 685 g/mol. The van der Waals surface area contributed by atoms with Gasteiger partial charge >= 0.3 is 0 Å². The maximum absolute atomic E-state index is 2.41. The highest BCUT2D eigenvalue weighted by atomic mass is 32.2. The number of rotatable bonds is 0. The summed E-state index contributed by atoms with van der Waals surface area (Å²) in [6.45, 7) is 0. The molecule has 0 N–H and O–H groups in total. The van der Waals surface area contributed by atoms with Crippen LogP contribution >= 0.6 is 70.6 Å². The van der Waals surface area contributed by atoms with Crippen LogP contribution in [0.4, 0.5) is 0 Å². The van der Waals surface area contributed by atoms with Gasteiger partial charge in [-0.1, -0.05) is 0 Å². The zero-order valence-electron chi connectivity index (χ0n) is 26.3. The maximum atomic E-state index is 2.41. The van der Waals surface area contributed by atoms with Crippen molar-refractivity contribution >= 4 is 70.6 Å². The van der Waals surface area contributed by atoms with Crippen molar-refractivity contribution in [2.45, 2.75) is 77.0 Å². The largest absolute Gasteiger partial charge is 0.161 e. The summed E-state index contributed by atoms with van der Waals surface area (Å²) in [5, 5.41) is 0. The summed E-state index contributed by atoms with van der Waals surface area (Å²) in [6.07, 6.45) is 18.7. The molecule has 4 aliphatic heterocycles. The Morgan fingerprint density at radius 2 is 0.262 bits per heavy atom. The number of hydrogen-bond donors (Lipinski definition) is 0. The van der Waals surface area contributed by atoms with Gasteiger partial charge in [0.15, 0.2) is 0 Å². The first kappa shape index (κ1) is 32.6. The predicted molar refractivity (Wildman–Crippen MR) is 201 cm³/mol. The zero-order valence-corrected chi connectivity index (χ0v) is 31.2. The van der Waals surface area contributed by atoms with Gasteiger partial charge < -0.3 is 0 Å². The minimum absolute atomic E-state index is 1.01. The van der Waals surface area contributed by atoms with Gasteiger partial charge in [0.25, 0.3) is 0 Å². The molecule has 4 aliphatic carbocycles. The molecule has 42 heavy (non-hydrogen) atoms. The molecule has 0 spiro atoms. The minimum Gasteiger partial charge on any atom is -0.161 e. The van der Waals surface area contributed by atoms with Crippen molar-refractivity contribution in [2.75, 3.05) is 69.0 Å². The van der Waals surface area contributed by atoms with E-state index in [-0.39, 0.29) is 0 Å². The van der Waals surface area contributed by atoms with E-state index < -0.39 is 0 Å². The molecule has 240 valence electrons. The maximum Gasteiger partial charge on any atom is -0.00388 e. The SMILES string of the molecule is C1SCC2CC3CSCC4CC5CSCC6CC1CC(CSCC1CC(CSCC(C2)C3)CC(CSCC(C5)C4)C1)C6. The van der Waals surface area contributed by atoms with Gasteiger partial charge in [-0.05, 0) is 217 Å². The van der Waals surface area contributed by atoms with Crippen molar-refractivity contribution in [2.24, 2.45) is 71.0 Å². The van der Waals surface area contributed by atoms with Gasteiger partial charge in [-0.25, -0.2) is 0 Å². The van der Waals surface area contributed by atoms with Crippen LogP contribution in [0.15, 0.2) is 0 Å². The summed E-state index contributed by atoms with van der Waals surface area (Å²) >= 11 is 14.5. The van der Waals surface area contributed by atoms with E-state index in [2.05, 4.69) is 70.6 Å². The lowest BCUT2D eigenvalue weighted by atomic mass is 9.77. The van der Waals surface area contributed by atoms with Crippen molar-refractivity contribution in [3.63, 3.8) is 0 Å². The third-order valence-corrected chi connectivity index (χ3v) is 20.7. The average Bonchev–Trinajstić information content (AvgIpc) is 2.96. The fourth-order valence-corrected chi connectivity index (χ4v) is 18.9. The Labute approximate surface area is 285 Å². The zero-order chi connectivity index (χ0) is 28.1. The van der Waals surface area contributed by atoms with Crippen LogP contribution in [-0.2, 0) is 0 Å². The summed E-state index contributed by atoms with van der Waals surface area (Å²) in [6, 6.07) is 0. The van der Waals surface area contributed by atoms with Gasteiger partial charge in [0, 0.05) is 0 Å². The van der Waals surface area contributed by atoms with Gasteiger partial charge in [-0.15, -0.1) is 0 Å². The van der Waals surface area contributed by atoms with Gasteiger partial charge in [0.2, 0.25) is 0 Å². The monoisotopic (exact) mass is 684 g/mol. The summed E-state index contributed by atoms with van der Waals surface area (Å²) < 4.78 is 0. The third kappa shape index (κ3) is 9.59. The van der Waals surface area contributed by atoms with Gasteiger partial charge in [0.1, 0.15) is 0 Å².